The number of carbonyl (C=O) groups excluding carboxylic acids is 4. The third-order valence-electron chi connectivity index (χ3n) is 9.03. The standard InChI is InChI=1S/C34H27ClN2O5/c1-18(31(38)22-7-4-8-23(35)15-22)42-34(41)26-17-28(36-27-11-3-2-10-25(26)27)19-6-5-9-24(16-19)37-32(39)29-20-12-13-21(14-20)30(29)33(37)40/h2-11,15-18,20-21,29-30H,12-14H2,1H3. The van der Waals surface area contributed by atoms with E-state index in [1.807, 2.05) is 12.1 Å². The molecule has 0 radical (unpaired) electrons. The summed E-state index contributed by atoms with van der Waals surface area (Å²) < 4.78 is 5.64. The summed E-state index contributed by atoms with van der Waals surface area (Å²) in [6.07, 6.45) is 1.96. The number of pyridine rings is 1. The fourth-order valence-electron chi connectivity index (χ4n) is 7.11. The number of benzene rings is 3. The van der Waals surface area contributed by atoms with Crippen LogP contribution in [0.3, 0.4) is 0 Å². The van der Waals surface area contributed by atoms with E-state index < -0.39 is 12.1 Å². The van der Waals surface area contributed by atoms with Crippen LogP contribution in [0.4, 0.5) is 5.69 Å². The number of para-hydroxylation sites is 1. The van der Waals surface area contributed by atoms with Crippen LogP contribution in [-0.2, 0) is 14.3 Å². The predicted molar refractivity (Wildman–Crippen MR) is 158 cm³/mol. The fraction of sp³-hybridized carbons (Fsp3) is 0.265. The third kappa shape index (κ3) is 4.31. The average molecular weight is 579 g/mol. The van der Waals surface area contributed by atoms with E-state index in [-0.39, 0.29) is 35.0 Å². The van der Waals surface area contributed by atoms with Gasteiger partial charge in [-0.2, -0.15) is 0 Å². The summed E-state index contributed by atoms with van der Waals surface area (Å²) in [6, 6.07) is 22.5. The Morgan fingerprint density at radius 3 is 2.36 bits per heavy atom. The Hall–Kier alpha value is -4.36. The Bertz CT molecular complexity index is 1770. The summed E-state index contributed by atoms with van der Waals surface area (Å²) in [6.45, 7) is 1.53. The summed E-state index contributed by atoms with van der Waals surface area (Å²) in [7, 11) is 0. The van der Waals surface area contributed by atoms with Crippen molar-refractivity contribution in [1.29, 1.82) is 0 Å². The van der Waals surface area contributed by atoms with Crippen molar-refractivity contribution in [2.45, 2.75) is 32.3 Å². The number of amides is 2. The minimum Gasteiger partial charge on any atom is -0.451 e. The molecule has 0 N–H and O–H groups in total. The SMILES string of the molecule is CC(OC(=O)c1cc(-c2cccc(N3C(=O)C4C5CCC(C5)C4C3=O)c2)nc2ccccc12)C(=O)c1cccc(Cl)c1. The number of ether oxygens (including phenoxy) is 1. The fourth-order valence-corrected chi connectivity index (χ4v) is 7.30. The first-order valence-corrected chi connectivity index (χ1v) is 14.6. The molecule has 3 fully saturated rings. The molecule has 5 unspecified atom stereocenters. The number of Topliss-reactive ketones (excluding diaryl/α,β-unsaturated/α-hetero) is 1. The topological polar surface area (TPSA) is 93.6 Å². The maximum Gasteiger partial charge on any atom is 0.339 e. The van der Waals surface area contributed by atoms with Crippen molar-refractivity contribution in [3.63, 3.8) is 0 Å². The second kappa shape index (κ2) is 10.2. The van der Waals surface area contributed by atoms with Gasteiger partial charge in [-0.1, -0.05) is 54.1 Å². The Labute approximate surface area is 247 Å². The number of hydrogen-bond donors (Lipinski definition) is 0. The molecule has 2 amide bonds. The van der Waals surface area contributed by atoms with E-state index in [2.05, 4.69) is 0 Å². The molecule has 7 nitrogen and oxygen atoms in total. The first-order valence-electron chi connectivity index (χ1n) is 14.2. The highest BCUT2D eigenvalue weighted by Crippen LogP contribution is 2.56. The van der Waals surface area contributed by atoms with Gasteiger partial charge in [0.2, 0.25) is 17.6 Å². The van der Waals surface area contributed by atoms with Crippen molar-refractivity contribution < 1.29 is 23.9 Å². The molecule has 1 aliphatic heterocycles. The summed E-state index contributed by atoms with van der Waals surface area (Å²) in [4.78, 5) is 59.4. The van der Waals surface area contributed by atoms with Gasteiger partial charge in [-0.3, -0.25) is 19.3 Å². The van der Waals surface area contributed by atoms with Crippen LogP contribution in [0.25, 0.3) is 22.2 Å². The van der Waals surface area contributed by atoms with Crippen LogP contribution < -0.4 is 4.90 Å². The Morgan fingerprint density at radius 2 is 1.62 bits per heavy atom. The lowest BCUT2D eigenvalue weighted by atomic mass is 9.81. The average Bonchev–Trinajstić information content (AvgIpc) is 3.69. The van der Waals surface area contributed by atoms with Gasteiger partial charge in [-0.15, -0.1) is 0 Å². The zero-order valence-corrected chi connectivity index (χ0v) is 23.6. The van der Waals surface area contributed by atoms with Crippen molar-refractivity contribution in [2.24, 2.45) is 23.7 Å². The van der Waals surface area contributed by atoms with Crippen LogP contribution >= 0.6 is 11.6 Å². The third-order valence-corrected chi connectivity index (χ3v) is 9.26. The Kier molecular flexibility index (Phi) is 6.43. The van der Waals surface area contributed by atoms with Crippen molar-refractivity contribution in [1.82, 2.24) is 4.98 Å². The molecule has 2 aliphatic carbocycles. The quantitative estimate of drug-likeness (QED) is 0.147. The van der Waals surface area contributed by atoms with Crippen molar-refractivity contribution >= 4 is 51.8 Å². The highest BCUT2D eigenvalue weighted by atomic mass is 35.5. The van der Waals surface area contributed by atoms with Gasteiger partial charge >= 0.3 is 5.97 Å². The van der Waals surface area contributed by atoms with E-state index in [4.69, 9.17) is 21.3 Å². The van der Waals surface area contributed by atoms with Gasteiger partial charge in [-0.25, -0.2) is 9.78 Å². The number of carbonyl (C=O) groups is 4. The first-order chi connectivity index (χ1) is 20.3. The minimum absolute atomic E-state index is 0.108. The van der Waals surface area contributed by atoms with E-state index in [0.717, 1.165) is 19.3 Å². The van der Waals surface area contributed by atoms with Crippen LogP contribution in [0.1, 0.15) is 46.9 Å². The zero-order valence-electron chi connectivity index (χ0n) is 22.8. The number of imide groups is 1. The lowest BCUT2D eigenvalue weighted by Crippen LogP contribution is -2.32. The molecule has 0 spiro atoms. The number of fused-ring (bicyclic) bond motifs is 6. The van der Waals surface area contributed by atoms with E-state index in [1.165, 1.54) is 17.9 Å². The Balaban J connectivity index is 1.21. The number of anilines is 1. The highest BCUT2D eigenvalue weighted by Gasteiger charge is 2.61. The molecule has 5 atom stereocenters. The van der Waals surface area contributed by atoms with Gasteiger partial charge in [0.15, 0.2) is 6.10 Å². The van der Waals surface area contributed by atoms with Crippen molar-refractivity contribution in [3.05, 3.63) is 95.0 Å². The molecular formula is C34H27ClN2O5. The van der Waals surface area contributed by atoms with E-state index >= 15 is 0 Å². The van der Waals surface area contributed by atoms with Gasteiger partial charge in [0, 0.05) is 21.5 Å². The van der Waals surface area contributed by atoms with Crippen LogP contribution in [0, 0.1) is 23.7 Å². The largest absolute Gasteiger partial charge is 0.451 e. The molecule has 210 valence electrons. The lowest BCUT2D eigenvalue weighted by Gasteiger charge is -2.19. The van der Waals surface area contributed by atoms with Gasteiger partial charge in [0.1, 0.15) is 0 Å². The molecule has 2 heterocycles. The summed E-state index contributed by atoms with van der Waals surface area (Å²) in [5.74, 6) is -1.07. The monoisotopic (exact) mass is 578 g/mol. The predicted octanol–water partition coefficient (Wildman–Crippen LogP) is 6.52. The summed E-state index contributed by atoms with van der Waals surface area (Å²) >= 11 is 6.04. The van der Waals surface area contributed by atoms with E-state index in [0.29, 0.717) is 50.3 Å². The summed E-state index contributed by atoms with van der Waals surface area (Å²) in [5, 5.41) is 0.997. The number of ketones is 1. The van der Waals surface area contributed by atoms with E-state index in [9.17, 15) is 19.2 Å². The molecule has 8 heteroatoms. The maximum atomic E-state index is 13.5. The van der Waals surface area contributed by atoms with Crippen molar-refractivity contribution in [2.75, 3.05) is 4.90 Å². The first kappa shape index (κ1) is 26.5. The van der Waals surface area contributed by atoms with Gasteiger partial charge < -0.3 is 4.74 Å². The Morgan fingerprint density at radius 1 is 0.905 bits per heavy atom. The maximum absolute atomic E-state index is 13.5. The molecule has 1 saturated heterocycles. The van der Waals surface area contributed by atoms with Gasteiger partial charge in [-0.05, 0) is 74.4 Å². The highest BCUT2D eigenvalue weighted by molar-refractivity contribution is 6.31. The lowest BCUT2D eigenvalue weighted by molar-refractivity contribution is -0.123. The number of nitrogens with zero attached hydrogens (tertiary/aromatic N) is 2. The molecule has 1 aromatic heterocycles. The molecule has 2 bridgehead atoms. The van der Waals surface area contributed by atoms with Crippen LogP contribution in [-0.4, -0.2) is 34.7 Å². The molecule has 3 aliphatic rings. The number of aromatic nitrogens is 1. The van der Waals surface area contributed by atoms with Gasteiger partial charge in [0.05, 0.1) is 34.3 Å². The second-order valence-corrected chi connectivity index (χ2v) is 11.9. The molecule has 4 aromatic rings. The normalized spacial score (nSPS) is 23.3. The number of hydrogen-bond acceptors (Lipinski definition) is 6. The molecule has 42 heavy (non-hydrogen) atoms. The van der Waals surface area contributed by atoms with Crippen LogP contribution in [0.15, 0.2) is 78.9 Å². The molecule has 3 aromatic carbocycles. The number of rotatable bonds is 6. The smallest absolute Gasteiger partial charge is 0.339 e. The second-order valence-electron chi connectivity index (χ2n) is 11.4. The molecule has 2 saturated carbocycles. The van der Waals surface area contributed by atoms with Gasteiger partial charge in [0.25, 0.3) is 0 Å². The van der Waals surface area contributed by atoms with Crippen molar-refractivity contribution in [3.8, 4) is 11.3 Å². The zero-order chi connectivity index (χ0) is 29.1. The molecular weight excluding hydrogens is 552 g/mol. The minimum atomic E-state index is -1.04. The van der Waals surface area contributed by atoms with Crippen LogP contribution in [0.5, 0.6) is 0 Å². The molecule has 7 rings (SSSR count). The number of esters is 1. The van der Waals surface area contributed by atoms with E-state index in [1.54, 1.807) is 60.7 Å². The summed E-state index contributed by atoms with van der Waals surface area (Å²) in [5.41, 5.74) is 2.82. The van der Waals surface area contributed by atoms with Crippen LogP contribution in [0.2, 0.25) is 5.02 Å². The number of halogens is 1.